The molecule has 4 N–H and O–H groups in total. The predicted molar refractivity (Wildman–Crippen MR) is 59.4 cm³/mol. The van der Waals surface area contributed by atoms with E-state index in [1.54, 1.807) is 7.05 Å². The van der Waals surface area contributed by atoms with Crippen LogP contribution in [0.1, 0.15) is 17.2 Å². The van der Waals surface area contributed by atoms with Gasteiger partial charge in [0.1, 0.15) is 5.70 Å². The average Bonchev–Trinajstić information content (AvgIpc) is 2.76. The second-order valence-corrected chi connectivity index (χ2v) is 4.22. The first-order valence-corrected chi connectivity index (χ1v) is 5.31. The number of alkyl halides is 3. The van der Waals surface area contributed by atoms with Crippen LogP contribution in [-0.4, -0.2) is 31.7 Å². The summed E-state index contributed by atoms with van der Waals surface area (Å²) in [7, 11) is 1.58. The maximum Gasteiger partial charge on any atom is 0.430 e. The van der Waals surface area contributed by atoms with Crippen LogP contribution in [-0.2, 0) is 20.1 Å². The number of aromatic nitrogens is 2. The second kappa shape index (κ2) is 4.35. The summed E-state index contributed by atoms with van der Waals surface area (Å²) in [6, 6.07) is 0. The first kappa shape index (κ1) is 13.6. The van der Waals surface area contributed by atoms with Crippen molar-refractivity contribution in [3.63, 3.8) is 0 Å². The highest BCUT2D eigenvalue weighted by molar-refractivity contribution is 6.04. The van der Waals surface area contributed by atoms with Crippen LogP contribution in [0.5, 0.6) is 0 Å². The first-order valence-electron chi connectivity index (χ1n) is 5.31. The maximum atomic E-state index is 12.3. The highest BCUT2D eigenvalue weighted by Gasteiger charge is 2.32. The lowest BCUT2D eigenvalue weighted by Gasteiger charge is -2.09. The zero-order valence-electron chi connectivity index (χ0n) is 9.99. The van der Waals surface area contributed by atoms with Gasteiger partial charge in [-0.05, 0) is 6.08 Å². The molecule has 1 aliphatic heterocycles. The van der Waals surface area contributed by atoms with Crippen LogP contribution in [0.15, 0.2) is 11.8 Å². The highest BCUT2D eigenvalue weighted by atomic mass is 19.4. The number of nitrogens with two attached hydrogens (primary N) is 1. The molecule has 19 heavy (non-hydrogen) atoms. The van der Waals surface area contributed by atoms with Gasteiger partial charge in [0, 0.05) is 7.05 Å². The molecule has 0 atom stereocenters. The molecule has 1 aliphatic rings. The topological polar surface area (TPSA) is 91.2 Å². The number of halogens is 3. The Hall–Kier alpha value is -1.87. The van der Waals surface area contributed by atoms with Gasteiger partial charge >= 0.3 is 6.18 Å². The fourth-order valence-corrected chi connectivity index (χ4v) is 1.86. The average molecular weight is 275 g/mol. The van der Waals surface area contributed by atoms with Crippen molar-refractivity contribution in [3.05, 3.63) is 29.0 Å². The molecule has 1 aromatic heterocycles. The van der Waals surface area contributed by atoms with Crippen LogP contribution in [0, 0.1) is 5.41 Å². The fraction of sp³-hybridized carbons (Fsp3) is 0.400. The molecule has 0 unspecified atom stereocenters. The summed E-state index contributed by atoms with van der Waals surface area (Å²) >= 11 is 0. The van der Waals surface area contributed by atoms with Crippen LogP contribution in [0.2, 0.25) is 0 Å². The molecule has 104 valence electrons. The lowest BCUT2D eigenvalue weighted by Crippen LogP contribution is -2.21. The van der Waals surface area contributed by atoms with Gasteiger partial charge < -0.3 is 15.5 Å². The van der Waals surface area contributed by atoms with Crippen molar-refractivity contribution in [1.82, 2.24) is 14.6 Å². The quantitative estimate of drug-likeness (QED) is 0.699. The van der Waals surface area contributed by atoms with E-state index in [1.165, 1.54) is 4.57 Å². The smallest absolute Gasteiger partial charge is 0.395 e. The van der Waals surface area contributed by atoms with Crippen LogP contribution >= 0.6 is 0 Å². The Morgan fingerprint density at radius 2 is 2.11 bits per heavy atom. The number of hydrogen-bond acceptors (Lipinski definition) is 5. The van der Waals surface area contributed by atoms with Crippen molar-refractivity contribution < 1.29 is 18.4 Å². The third-order valence-corrected chi connectivity index (χ3v) is 2.83. The van der Waals surface area contributed by atoms with E-state index in [0.717, 1.165) is 5.06 Å². The number of fused-ring (bicyclic) bond motifs is 1. The molecule has 0 bridgehead atoms. The van der Waals surface area contributed by atoms with E-state index in [2.05, 4.69) is 4.98 Å². The third kappa shape index (κ3) is 2.47. The number of nitrogens with one attached hydrogen (secondary N) is 1. The largest absolute Gasteiger partial charge is 0.430 e. The van der Waals surface area contributed by atoms with Gasteiger partial charge in [-0.3, -0.25) is 5.41 Å². The van der Waals surface area contributed by atoms with Crippen LogP contribution in [0.25, 0.3) is 0 Å². The Bertz CT molecular complexity index is 560. The fourth-order valence-electron chi connectivity index (χ4n) is 1.86. The number of hydrogen-bond donors (Lipinski definition) is 3. The predicted octanol–water partition coefficient (Wildman–Crippen LogP) is 0.898. The molecule has 0 saturated carbocycles. The Morgan fingerprint density at radius 1 is 1.47 bits per heavy atom. The van der Waals surface area contributed by atoms with Crippen molar-refractivity contribution in [2.24, 2.45) is 12.8 Å². The summed E-state index contributed by atoms with van der Waals surface area (Å²) in [6.07, 6.45) is -4.13. The van der Waals surface area contributed by atoms with Crippen molar-refractivity contribution in [3.8, 4) is 0 Å². The zero-order chi connectivity index (χ0) is 14.4. The molecule has 2 heterocycles. The molecular weight excluding hydrogens is 263 g/mol. The van der Waals surface area contributed by atoms with Gasteiger partial charge in [0.15, 0.2) is 5.82 Å². The molecule has 0 fully saturated rings. The van der Waals surface area contributed by atoms with Crippen LogP contribution < -0.4 is 5.73 Å². The van der Waals surface area contributed by atoms with Gasteiger partial charge in [0.2, 0.25) is 0 Å². The van der Waals surface area contributed by atoms with E-state index in [-0.39, 0.29) is 18.9 Å². The minimum absolute atomic E-state index is 0.0882. The molecule has 6 nitrogen and oxygen atoms in total. The lowest BCUT2D eigenvalue weighted by molar-refractivity contribution is -0.0985. The molecule has 0 amide bonds. The summed E-state index contributed by atoms with van der Waals surface area (Å²) in [4.78, 5) is 4.05. The van der Waals surface area contributed by atoms with E-state index >= 15 is 0 Å². The van der Waals surface area contributed by atoms with Gasteiger partial charge in [-0.15, -0.1) is 0 Å². The number of allylic oxidation sites excluding steroid dienone is 2. The summed E-state index contributed by atoms with van der Waals surface area (Å²) in [5.74, 6) is 0.0882. The third-order valence-electron chi connectivity index (χ3n) is 2.83. The van der Waals surface area contributed by atoms with Crippen molar-refractivity contribution in [2.75, 3.05) is 0 Å². The second-order valence-electron chi connectivity index (χ2n) is 4.22. The number of nitrogens with zero attached hydrogens (tertiary/aromatic N) is 3. The van der Waals surface area contributed by atoms with E-state index in [1.807, 2.05) is 0 Å². The Morgan fingerprint density at radius 3 is 2.63 bits per heavy atom. The van der Waals surface area contributed by atoms with E-state index < -0.39 is 17.6 Å². The van der Waals surface area contributed by atoms with Crippen LogP contribution in [0.3, 0.4) is 0 Å². The van der Waals surface area contributed by atoms with Crippen molar-refractivity contribution >= 4 is 5.71 Å². The van der Waals surface area contributed by atoms with E-state index in [9.17, 15) is 18.4 Å². The molecule has 0 aromatic carbocycles. The first-order chi connectivity index (χ1) is 8.70. The van der Waals surface area contributed by atoms with Crippen molar-refractivity contribution in [1.29, 1.82) is 5.41 Å². The monoisotopic (exact) mass is 275 g/mol. The molecule has 0 radical (unpaired) electrons. The zero-order valence-corrected chi connectivity index (χ0v) is 9.99. The minimum Gasteiger partial charge on any atom is -0.395 e. The number of hydroxylamine groups is 2. The molecule has 1 aromatic rings. The Kier molecular flexibility index (Phi) is 3.11. The number of imidazole rings is 1. The highest BCUT2D eigenvalue weighted by Crippen LogP contribution is 2.24. The van der Waals surface area contributed by atoms with Gasteiger partial charge in [0.05, 0.1) is 30.2 Å². The van der Waals surface area contributed by atoms with E-state index in [4.69, 9.17) is 11.1 Å². The summed E-state index contributed by atoms with van der Waals surface area (Å²) in [5.41, 5.74) is 4.31. The van der Waals surface area contributed by atoms with Crippen LogP contribution in [0.4, 0.5) is 13.2 Å². The molecule has 0 aliphatic carbocycles. The molecule has 0 saturated heterocycles. The SMILES string of the molecule is Cn1c(C(=N)/C=C(\N)C(F)(F)F)nc2c1CN(O)C2. The lowest BCUT2D eigenvalue weighted by atomic mass is 10.2. The molecular formula is C10H12F3N5O. The van der Waals surface area contributed by atoms with E-state index in [0.29, 0.717) is 17.5 Å². The maximum absolute atomic E-state index is 12.3. The van der Waals surface area contributed by atoms with Gasteiger partial charge in [-0.2, -0.15) is 18.2 Å². The number of rotatable bonds is 2. The molecule has 2 rings (SSSR count). The summed E-state index contributed by atoms with van der Waals surface area (Å²) < 4.78 is 38.3. The Labute approximate surface area is 106 Å². The van der Waals surface area contributed by atoms with Gasteiger partial charge in [-0.1, -0.05) is 0 Å². The van der Waals surface area contributed by atoms with Crippen molar-refractivity contribution in [2.45, 2.75) is 19.3 Å². The normalized spacial score (nSPS) is 16.8. The minimum atomic E-state index is -4.66. The Balaban J connectivity index is 2.30. The van der Waals surface area contributed by atoms with Gasteiger partial charge in [0.25, 0.3) is 0 Å². The standard InChI is InChI=1S/C10H12F3N5O/c1-17-7-4-18(19)3-6(7)16-9(17)5(14)2-8(15)10(11,12)13/h2,14,19H,3-4,15H2,1H3/b8-2-,14-5?. The van der Waals surface area contributed by atoms with Gasteiger partial charge in [-0.25, -0.2) is 4.98 Å². The summed E-state index contributed by atoms with van der Waals surface area (Å²) in [6.45, 7) is 0.416. The molecule has 9 heteroatoms. The molecule has 0 spiro atoms. The summed E-state index contributed by atoms with van der Waals surface area (Å²) in [5, 5.41) is 17.9.